The van der Waals surface area contributed by atoms with Gasteiger partial charge in [0.2, 0.25) is 0 Å². The van der Waals surface area contributed by atoms with E-state index in [1.807, 2.05) is 0 Å². The Labute approximate surface area is 214 Å². The molecule has 38 heavy (non-hydrogen) atoms. The summed E-state index contributed by atoms with van der Waals surface area (Å²) >= 11 is 0. The van der Waals surface area contributed by atoms with Gasteiger partial charge in [-0.3, -0.25) is 9.80 Å². The molecule has 12 heteroatoms. The number of nitrogens with zero attached hydrogens (tertiary/aromatic N) is 6. The molecular weight excluding hydrogens is 502 g/mol. The molecule has 194 valence electrons. The maximum atomic E-state index is 13.7. The van der Waals surface area contributed by atoms with Crippen molar-refractivity contribution in [2.75, 3.05) is 18.9 Å². The van der Waals surface area contributed by atoms with Crippen molar-refractivity contribution < 1.29 is 22.4 Å². The number of hydrazone groups is 1. The van der Waals surface area contributed by atoms with Gasteiger partial charge in [0.05, 0.1) is 22.7 Å². The quantitative estimate of drug-likeness (QED) is 0.370. The lowest BCUT2D eigenvalue weighted by molar-refractivity contribution is -0.137. The van der Waals surface area contributed by atoms with Crippen molar-refractivity contribution in [1.29, 1.82) is 0 Å². The van der Waals surface area contributed by atoms with Crippen molar-refractivity contribution in [3.8, 4) is 5.69 Å². The molecule has 4 aromatic rings. The normalized spacial score (nSPS) is 13.5. The van der Waals surface area contributed by atoms with Crippen LogP contribution >= 0.6 is 0 Å². The van der Waals surface area contributed by atoms with Crippen LogP contribution in [0.4, 0.5) is 23.4 Å². The Bertz CT molecular complexity index is 1500. The minimum absolute atomic E-state index is 0.0233. The van der Waals surface area contributed by atoms with Gasteiger partial charge >= 0.3 is 6.18 Å². The smallest absolute Gasteiger partial charge is 0.306 e. The number of carbonyl (C=O) groups excluding carboxylic acids is 1. The van der Waals surface area contributed by atoms with E-state index < -0.39 is 23.5 Å². The van der Waals surface area contributed by atoms with Crippen LogP contribution in [0.5, 0.6) is 0 Å². The maximum absolute atomic E-state index is 13.7. The molecule has 2 aromatic carbocycles. The predicted octanol–water partition coefficient (Wildman–Crippen LogP) is 4.70. The summed E-state index contributed by atoms with van der Waals surface area (Å²) in [5.41, 5.74) is 1.12. The lowest BCUT2D eigenvalue weighted by atomic mass is 9.97. The van der Waals surface area contributed by atoms with Crippen LogP contribution in [0.1, 0.15) is 39.2 Å². The van der Waals surface area contributed by atoms with Gasteiger partial charge in [-0.2, -0.15) is 23.4 Å². The molecule has 0 saturated heterocycles. The van der Waals surface area contributed by atoms with Gasteiger partial charge in [-0.25, -0.2) is 19.0 Å². The Hall–Kier alpha value is -4.61. The molecule has 1 aliphatic heterocycles. The predicted molar refractivity (Wildman–Crippen MR) is 132 cm³/mol. The molecule has 5 rings (SSSR count). The standard InChI is InChI=1S/C26H21F4N7O/c1-36-9-8-23(35-36)21-11-17(2-7-22(21)26(28,29)30)25(38)33-24-12-19(10-16-13-31-15-32-14-16)34-37(24)20-5-3-18(27)4-6-20/h2-7,11-15H,8-10H2,1H3,(H,33,38). The van der Waals surface area contributed by atoms with E-state index in [4.69, 9.17) is 0 Å². The van der Waals surface area contributed by atoms with E-state index in [-0.39, 0.29) is 22.7 Å². The van der Waals surface area contributed by atoms with Crippen LogP contribution in [0.3, 0.4) is 0 Å². The molecule has 8 nitrogen and oxygen atoms in total. The first-order valence-corrected chi connectivity index (χ1v) is 11.6. The number of hydrogen-bond acceptors (Lipinski definition) is 6. The highest BCUT2D eigenvalue weighted by atomic mass is 19.4. The second-order valence-electron chi connectivity index (χ2n) is 8.72. The van der Waals surface area contributed by atoms with Crippen molar-refractivity contribution in [3.05, 3.63) is 101 Å². The number of benzene rings is 2. The summed E-state index contributed by atoms with van der Waals surface area (Å²) in [5.74, 6) is -0.816. The fourth-order valence-corrected chi connectivity index (χ4v) is 4.14. The topological polar surface area (TPSA) is 88.3 Å². The van der Waals surface area contributed by atoms with Gasteiger partial charge in [-0.1, -0.05) is 0 Å². The van der Waals surface area contributed by atoms with Crippen LogP contribution in [0, 0.1) is 5.82 Å². The van der Waals surface area contributed by atoms with Gasteiger partial charge in [0, 0.05) is 56.0 Å². The number of carbonyl (C=O) groups is 1. The molecule has 1 amide bonds. The van der Waals surface area contributed by atoms with Gasteiger partial charge in [-0.15, -0.1) is 0 Å². The number of anilines is 1. The molecule has 2 aromatic heterocycles. The Kier molecular flexibility index (Phi) is 6.62. The molecule has 3 heterocycles. The van der Waals surface area contributed by atoms with Crippen LogP contribution in [-0.2, 0) is 12.6 Å². The van der Waals surface area contributed by atoms with Crippen molar-refractivity contribution >= 4 is 17.4 Å². The van der Waals surface area contributed by atoms with Crippen LogP contribution < -0.4 is 5.32 Å². The summed E-state index contributed by atoms with van der Waals surface area (Å²) in [6, 6.07) is 10.4. The highest BCUT2D eigenvalue weighted by molar-refractivity contribution is 6.08. The van der Waals surface area contributed by atoms with Crippen LogP contribution in [0.2, 0.25) is 0 Å². The van der Waals surface area contributed by atoms with Crippen molar-refractivity contribution in [2.24, 2.45) is 5.10 Å². The Balaban J connectivity index is 1.49. The van der Waals surface area contributed by atoms with E-state index in [9.17, 15) is 22.4 Å². The number of amides is 1. The van der Waals surface area contributed by atoms with Gasteiger partial charge in [-0.05, 0) is 48.0 Å². The van der Waals surface area contributed by atoms with Gasteiger partial charge < -0.3 is 5.32 Å². The zero-order valence-electron chi connectivity index (χ0n) is 20.1. The van der Waals surface area contributed by atoms with Gasteiger partial charge in [0.1, 0.15) is 18.0 Å². The Morgan fingerprint density at radius 2 is 1.79 bits per heavy atom. The van der Waals surface area contributed by atoms with E-state index in [0.29, 0.717) is 30.8 Å². The van der Waals surface area contributed by atoms with Crippen molar-refractivity contribution in [3.63, 3.8) is 0 Å². The van der Waals surface area contributed by atoms with E-state index in [1.54, 1.807) is 30.5 Å². The molecular formula is C26H21F4N7O. The second kappa shape index (κ2) is 10.0. The molecule has 0 radical (unpaired) electrons. The molecule has 0 saturated carbocycles. The molecule has 0 atom stereocenters. The first-order chi connectivity index (χ1) is 18.2. The van der Waals surface area contributed by atoms with Crippen molar-refractivity contribution in [2.45, 2.75) is 19.0 Å². The molecule has 0 spiro atoms. The first kappa shape index (κ1) is 25.1. The minimum atomic E-state index is -4.61. The van der Waals surface area contributed by atoms with Gasteiger partial charge in [0.15, 0.2) is 0 Å². The first-order valence-electron chi connectivity index (χ1n) is 11.6. The number of nitrogens with one attached hydrogen (secondary N) is 1. The third-order valence-corrected chi connectivity index (χ3v) is 5.93. The van der Waals surface area contributed by atoms with Crippen molar-refractivity contribution in [1.82, 2.24) is 24.8 Å². The monoisotopic (exact) mass is 523 g/mol. The average molecular weight is 523 g/mol. The highest BCUT2D eigenvalue weighted by Gasteiger charge is 2.35. The molecule has 0 unspecified atom stereocenters. The number of alkyl halides is 3. The highest BCUT2D eigenvalue weighted by Crippen LogP contribution is 2.34. The molecule has 1 N–H and O–H groups in total. The SMILES string of the molecule is CN1CCC(c2cc(C(=O)Nc3cc(Cc4cncnc4)nn3-c3ccc(F)cc3)ccc2C(F)(F)F)=N1. The Morgan fingerprint density at radius 3 is 2.45 bits per heavy atom. The van der Waals surface area contributed by atoms with E-state index in [0.717, 1.165) is 17.7 Å². The Morgan fingerprint density at radius 1 is 1.05 bits per heavy atom. The van der Waals surface area contributed by atoms with E-state index in [2.05, 4.69) is 25.5 Å². The number of halogens is 4. The fourth-order valence-electron chi connectivity index (χ4n) is 4.14. The summed E-state index contributed by atoms with van der Waals surface area (Å²) in [6.07, 6.45) is 0.749. The third-order valence-electron chi connectivity index (χ3n) is 5.93. The summed E-state index contributed by atoms with van der Waals surface area (Å²) < 4.78 is 56.1. The second-order valence-corrected chi connectivity index (χ2v) is 8.72. The summed E-state index contributed by atoms with van der Waals surface area (Å²) in [6.45, 7) is 0.481. The fraction of sp³-hybridized carbons (Fsp3) is 0.192. The lowest BCUT2D eigenvalue weighted by Crippen LogP contribution is -2.18. The number of aromatic nitrogens is 4. The summed E-state index contributed by atoms with van der Waals surface area (Å²) in [4.78, 5) is 21.2. The molecule has 1 aliphatic rings. The van der Waals surface area contributed by atoms with Crippen LogP contribution in [-0.4, -0.2) is 50.0 Å². The number of hydrogen-bond donors (Lipinski definition) is 1. The van der Waals surface area contributed by atoms with Crippen LogP contribution in [0.25, 0.3) is 5.69 Å². The van der Waals surface area contributed by atoms with E-state index in [1.165, 1.54) is 41.3 Å². The number of rotatable bonds is 6. The molecule has 0 fully saturated rings. The molecule has 0 bridgehead atoms. The largest absolute Gasteiger partial charge is 0.417 e. The summed E-state index contributed by atoms with van der Waals surface area (Å²) in [7, 11) is 1.67. The van der Waals surface area contributed by atoms with Gasteiger partial charge in [0.25, 0.3) is 5.91 Å². The van der Waals surface area contributed by atoms with E-state index >= 15 is 0 Å². The lowest BCUT2D eigenvalue weighted by Gasteiger charge is -2.14. The minimum Gasteiger partial charge on any atom is -0.306 e. The zero-order chi connectivity index (χ0) is 26.9. The average Bonchev–Trinajstić information content (AvgIpc) is 3.50. The third kappa shape index (κ3) is 5.38. The van der Waals surface area contributed by atoms with Crippen LogP contribution in [0.15, 0.2) is 72.4 Å². The summed E-state index contributed by atoms with van der Waals surface area (Å²) in [5, 5.41) is 13.0. The maximum Gasteiger partial charge on any atom is 0.417 e. The zero-order valence-corrected chi connectivity index (χ0v) is 20.1. The molecule has 0 aliphatic carbocycles.